The molecule has 180 valence electrons. The number of hydrogen-bond donors (Lipinski definition) is 3. The van der Waals surface area contributed by atoms with Crippen LogP contribution in [-0.4, -0.2) is 64.4 Å². The molecule has 1 aromatic carbocycles. The number of nitrogens with zero attached hydrogens (tertiary/aromatic N) is 7. The van der Waals surface area contributed by atoms with Crippen LogP contribution in [0, 0.1) is 11.6 Å². The molecule has 3 aromatic heterocycles. The van der Waals surface area contributed by atoms with Gasteiger partial charge in [0.15, 0.2) is 17.3 Å². The second-order valence-corrected chi connectivity index (χ2v) is 9.29. The average molecular weight is 473 g/mol. The molecule has 0 saturated carbocycles. The van der Waals surface area contributed by atoms with Gasteiger partial charge >= 0.3 is 0 Å². The molecule has 0 aliphatic carbocycles. The van der Waals surface area contributed by atoms with Gasteiger partial charge in [-0.2, -0.15) is 9.61 Å². The lowest BCUT2D eigenvalue weighted by Crippen LogP contribution is -2.41. The highest BCUT2D eigenvalue weighted by Crippen LogP contribution is 2.33. The van der Waals surface area contributed by atoms with Crippen molar-refractivity contribution in [1.29, 1.82) is 0 Å². The molecule has 1 aliphatic rings. The van der Waals surface area contributed by atoms with Crippen LogP contribution in [0.15, 0.2) is 24.5 Å². The van der Waals surface area contributed by atoms with Crippen LogP contribution < -0.4 is 10.6 Å². The number of rotatable bonds is 5. The summed E-state index contributed by atoms with van der Waals surface area (Å²) in [5.74, 6) is -1.07. The summed E-state index contributed by atoms with van der Waals surface area (Å²) in [5, 5.41) is 28.5. The Morgan fingerprint density at radius 1 is 1.24 bits per heavy atom. The number of hydrogen-bond acceptors (Lipinski definition) is 8. The van der Waals surface area contributed by atoms with Gasteiger partial charge in [0.2, 0.25) is 5.95 Å². The molecule has 0 bridgehead atoms. The summed E-state index contributed by atoms with van der Waals surface area (Å²) >= 11 is 0. The van der Waals surface area contributed by atoms with E-state index in [0.29, 0.717) is 12.4 Å². The zero-order valence-electron chi connectivity index (χ0n) is 18.9. The molecular formula is C22H26F2N8O2. The first-order chi connectivity index (χ1) is 16.1. The quantitative estimate of drug-likeness (QED) is 0.401. The Hall–Kier alpha value is -3.38. The van der Waals surface area contributed by atoms with Crippen molar-refractivity contribution in [2.24, 2.45) is 0 Å². The molecule has 0 spiro atoms. The van der Waals surface area contributed by atoms with Gasteiger partial charge in [0.1, 0.15) is 16.9 Å². The maximum Gasteiger partial charge on any atom is 0.223 e. The summed E-state index contributed by atoms with van der Waals surface area (Å²) in [6.45, 7) is 4.06. The topological polar surface area (TPSA) is 131 Å². The molecule has 10 nitrogen and oxygen atoms in total. The molecule has 1 fully saturated rings. The van der Waals surface area contributed by atoms with E-state index >= 15 is 0 Å². The highest BCUT2D eigenvalue weighted by Gasteiger charge is 2.31. The zero-order valence-corrected chi connectivity index (χ0v) is 18.9. The van der Waals surface area contributed by atoms with Crippen molar-refractivity contribution in [1.82, 2.24) is 29.4 Å². The average Bonchev–Trinajstić information content (AvgIpc) is 3.43. The summed E-state index contributed by atoms with van der Waals surface area (Å²) in [7, 11) is 0. The number of aliphatic hydroxyl groups is 2. The number of nitrogens with two attached hydrogens (primary N) is 1. The normalized spacial score (nSPS) is 20.8. The van der Waals surface area contributed by atoms with E-state index in [4.69, 9.17) is 5.73 Å². The third-order valence-electron chi connectivity index (χ3n) is 6.38. The van der Waals surface area contributed by atoms with Crippen LogP contribution in [0.4, 0.5) is 20.4 Å². The fourth-order valence-electron chi connectivity index (χ4n) is 4.51. The van der Waals surface area contributed by atoms with Gasteiger partial charge in [-0.3, -0.25) is 4.68 Å². The van der Waals surface area contributed by atoms with Crippen LogP contribution in [-0.2, 0) is 6.54 Å². The first kappa shape index (κ1) is 22.4. The predicted octanol–water partition coefficient (Wildman–Crippen LogP) is 1.85. The molecule has 4 N–H and O–H groups in total. The van der Waals surface area contributed by atoms with E-state index in [2.05, 4.69) is 32.0 Å². The lowest BCUT2D eigenvalue weighted by atomic mass is 9.92. The maximum absolute atomic E-state index is 14.3. The van der Waals surface area contributed by atoms with Crippen molar-refractivity contribution in [2.75, 3.05) is 23.8 Å². The van der Waals surface area contributed by atoms with Gasteiger partial charge in [-0.25, -0.2) is 18.7 Å². The summed E-state index contributed by atoms with van der Waals surface area (Å²) in [6, 6.07) is 2.19. The van der Waals surface area contributed by atoms with Crippen LogP contribution in [0.5, 0.6) is 0 Å². The minimum Gasteiger partial charge on any atom is -0.393 e. The molecule has 1 aliphatic heterocycles. The molecule has 4 aromatic rings. The Bertz CT molecular complexity index is 1370. The molecular weight excluding hydrogens is 446 g/mol. The van der Waals surface area contributed by atoms with Crippen molar-refractivity contribution in [2.45, 2.75) is 50.8 Å². The molecule has 12 heteroatoms. The molecule has 3 atom stereocenters. The number of halogens is 2. The van der Waals surface area contributed by atoms with Crippen molar-refractivity contribution >= 4 is 28.2 Å². The molecule has 1 saturated heterocycles. The second-order valence-electron chi connectivity index (χ2n) is 9.29. The van der Waals surface area contributed by atoms with E-state index in [-0.39, 0.29) is 47.6 Å². The Labute approximate surface area is 193 Å². The van der Waals surface area contributed by atoms with Crippen molar-refractivity contribution in [3.8, 4) is 0 Å². The van der Waals surface area contributed by atoms with Crippen molar-refractivity contribution in [3.63, 3.8) is 0 Å². The Balaban J connectivity index is 1.47. The first-order valence-electron chi connectivity index (χ1n) is 11.1. The van der Waals surface area contributed by atoms with Gasteiger partial charge in [0, 0.05) is 30.8 Å². The van der Waals surface area contributed by atoms with Crippen LogP contribution in [0.25, 0.3) is 16.6 Å². The first-order valence-corrected chi connectivity index (χ1v) is 11.1. The minimum absolute atomic E-state index is 0.0231. The number of benzene rings is 1. The van der Waals surface area contributed by atoms with Crippen LogP contribution >= 0.6 is 0 Å². The molecule has 5 rings (SSSR count). The molecule has 0 unspecified atom stereocenters. The highest BCUT2D eigenvalue weighted by atomic mass is 19.1. The van der Waals surface area contributed by atoms with E-state index in [9.17, 15) is 19.0 Å². The van der Waals surface area contributed by atoms with Gasteiger partial charge < -0.3 is 20.8 Å². The lowest BCUT2D eigenvalue weighted by Gasteiger charge is -2.37. The fraction of sp³-hybridized carbons (Fsp3) is 0.455. The number of anilines is 2. The van der Waals surface area contributed by atoms with Gasteiger partial charge in [-0.1, -0.05) is 0 Å². The Kier molecular flexibility index (Phi) is 5.36. The standard InChI is InChI=1S/C22H26F2N8O2/c1-12-3-4-13(8-31(12)15-7-26-30(9-15)10-22(2,34)11-33)19-28-20-16-5-14(23)6-17(24)18(16)27-21(25)32(20)29-19/h5-7,9,12-13,33-34H,3-4,8,10-11H2,1-2H3,(H2,25,27)/t12-,13+,22-/m1/s1. The molecule has 0 amide bonds. The number of piperidine rings is 1. The van der Waals surface area contributed by atoms with Gasteiger partial charge in [0.05, 0.1) is 30.4 Å². The Morgan fingerprint density at radius 2 is 2.03 bits per heavy atom. The third-order valence-corrected chi connectivity index (χ3v) is 6.38. The number of aromatic nitrogens is 6. The SMILES string of the molecule is C[C@@H]1CC[C@H](c2nc3c4cc(F)cc(F)c4nc(N)n3n2)CN1c1cnn(C[C@@](C)(O)CO)c1. The van der Waals surface area contributed by atoms with E-state index in [1.807, 2.05) is 6.20 Å². The predicted molar refractivity (Wildman–Crippen MR) is 121 cm³/mol. The molecule has 34 heavy (non-hydrogen) atoms. The van der Waals surface area contributed by atoms with Gasteiger partial charge in [-0.15, -0.1) is 5.10 Å². The summed E-state index contributed by atoms with van der Waals surface area (Å²) in [6.07, 6.45) is 5.26. The van der Waals surface area contributed by atoms with Crippen LogP contribution in [0.3, 0.4) is 0 Å². The zero-order chi connectivity index (χ0) is 24.2. The fourth-order valence-corrected chi connectivity index (χ4v) is 4.51. The van der Waals surface area contributed by atoms with Gasteiger partial charge in [0.25, 0.3) is 0 Å². The van der Waals surface area contributed by atoms with E-state index in [1.165, 1.54) is 10.6 Å². The van der Waals surface area contributed by atoms with Crippen molar-refractivity contribution < 1.29 is 19.0 Å². The van der Waals surface area contributed by atoms with E-state index in [1.54, 1.807) is 17.8 Å². The van der Waals surface area contributed by atoms with Gasteiger partial charge in [-0.05, 0) is 32.8 Å². The minimum atomic E-state index is -1.27. The van der Waals surface area contributed by atoms with E-state index in [0.717, 1.165) is 24.6 Å². The number of nitrogen functional groups attached to an aromatic ring is 1. The molecule has 4 heterocycles. The second kappa shape index (κ2) is 8.13. The monoisotopic (exact) mass is 472 g/mol. The van der Waals surface area contributed by atoms with Crippen molar-refractivity contribution in [3.05, 3.63) is 42.0 Å². The summed E-state index contributed by atoms with van der Waals surface area (Å²) in [5.41, 5.74) is 5.84. The summed E-state index contributed by atoms with van der Waals surface area (Å²) < 4.78 is 31.1. The maximum atomic E-state index is 14.3. The van der Waals surface area contributed by atoms with E-state index < -0.39 is 17.2 Å². The lowest BCUT2D eigenvalue weighted by molar-refractivity contribution is -0.0145. The summed E-state index contributed by atoms with van der Waals surface area (Å²) in [4.78, 5) is 10.9. The third kappa shape index (κ3) is 3.92. The largest absolute Gasteiger partial charge is 0.393 e. The smallest absolute Gasteiger partial charge is 0.223 e. The highest BCUT2D eigenvalue weighted by molar-refractivity contribution is 5.92. The van der Waals surface area contributed by atoms with Crippen LogP contribution in [0.1, 0.15) is 38.4 Å². The number of fused-ring (bicyclic) bond motifs is 3. The molecule has 0 radical (unpaired) electrons. The number of aliphatic hydroxyl groups excluding tert-OH is 1. The van der Waals surface area contributed by atoms with Crippen LogP contribution in [0.2, 0.25) is 0 Å². The Morgan fingerprint density at radius 3 is 2.79 bits per heavy atom.